The Morgan fingerprint density at radius 1 is 1.36 bits per heavy atom. The normalized spacial score (nSPS) is 45.6. The molecule has 2 atom stereocenters. The third kappa shape index (κ3) is 0.798. The summed E-state index contributed by atoms with van der Waals surface area (Å²) in [5, 5.41) is 8.79. The second kappa shape index (κ2) is 1.96. The maximum Gasteiger partial charge on any atom is 0.122 e. The van der Waals surface area contributed by atoms with Crippen molar-refractivity contribution in [3.05, 3.63) is 24.3 Å². The van der Waals surface area contributed by atoms with Crippen molar-refractivity contribution >= 4 is 0 Å². The molecular formula is C9H12O2. The van der Waals surface area contributed by atoms with E-state index in [0.717, 1.165) is 0 Å². The number of allylic oxidation sites excluding steroid dienone is 2. The summed E-state index contributed by atoms with van der Waals surface area (Å²) in [5.74, 6) is 0. The Kier molecular flexibility index (Phi) is 1.26. The van der Waals surface area contributed by atoms with Gasteiger partial charge in [-0.05, 0) is 19.1 Å². The van der Waals surface area contributed by atoms with Gasteiger partial charge in [-0.25, -0.2) is 0 Å². The molecule has 0 radical (unpaired) electrons. The van der Waals surface area contributed by atoms with E-state index in [2.05, 4.69) is 0 Å². The Hall–Kier alpha value is -0.600. The lowest BCUT2D eigenvalue weighted by atomic mass is 9.88. The molecule has 0 bridgehead atoms. The molecule has 2 aliphatic rings. The highest BCUT2D eigenvalue weighted by Gasteiger charge is 2.63. The van der Waals surface area contributed by atoms with Crippen LogP contribution in [0.3, 0.4) is 0 Å². The molecule has 1 aliphatic heterocycles. The third-order valence-corrected chi connectivity index (χ3v) is 2.57. The molecule has 2 heteroatoms. The van der Waals surface area contributed by atoms with Gasteiger partial charge in [0.05, 0.1) is 0 Å². The van der Waals surface area contributed by atoms with Gasteiger partial charge >= 0.3 is 0 Å². The van der Waals surface area contributed by atoms with Crippen LogP contribution in [-0.4, -0.2) is 22.9 Å². The fraction of sp³-hybridized carbons (Fsp3) is 0.556. The average molecular weight is 152 g/mol. The largest absolute Gasteiger partial charge is 0.396 e. The minimum atomic E-state index is -0.184. The maximum absolute atomic E-state index is 8.79. The summed E-state index contributed by atoms with van der Waals surface area (Å²) in [6.45, 7) is 2.23. The molecular weight excluding hydrogens is 140 g/mol. The SMILES string of the molecule is CC12C=CC=CC1(CCO)O2. The van der Waals surface area contributed by atoms with Crippen molar-refractivity contribution in [2.24, 2.45) is 0 Å². The van der Waals surface area contributed by atoms with Gasteiger partial charge in [-0.15, -0.1) is 0 Å². The minimum absolute atomic E-state index is 0.134. The average Bonchev–Trinajstić information content (AvgIpc) is 2.56. The molecule has 0 spiro atoms. The molecule has 11 heavy (non-hydrogen) atoms. The Balaban J connectivity index is 2.20. The summed E-state index contributed by atoms with van der Waals surface area (Å²) < 4.78 is 5.56. The van der Waals surface area contributed by atoms with Gasteiger partial charge in [0.25, 0.3) is 0 Å². The van der Waals surface area contributed by atoms with Gasteiger partial charge in [-0.3, -0.25) is 0 Å². The third-order valence-electron chi connectivity index (χ3n) is 2.57. The van der Waals surface area contributed by atoms with Crippen molar-refractivity contribution in [1.82, 2.24) is 0 Å². The van der Waals surface area contributed by atoms with Crippen molar-refractivity contribution in [2.75, 3.05) is 6.61 Å². The number of hydrogen-bond donors (Lipinski definition) is 1. The van der Waals surface area contributed by atoms with E-state index < -0.39 is 0 Å². The monoisotopic (exact) mass is 152 g/mol. The van der Waals surface area contributed by atoms with E-state index in [4.69, 9.17) is 9.84 Å². The number of rotatable bonds is 2. The maximum atomic E-state index is 8.79. The van der Waals surface area contributed by atoms with Crippen LogP contribution in [0.15, 0.2) is 24.3 Å². The Morgan fingerprint density at radius 3 is 2.73 bits per heavy atom. The van der Waals surface area contributed by atoms with Crippen molar-refractivity contribution in [2.45, 2.75) is 24.5 Å². The van der Waals surface area contributed by atoms with Gasteiger partial charge in [0.1, 0.15) is 11.2 Å². The van der Waals surface area contributed by atoms with Crippen LogP contribution in [0.1, 0.15) is 13.3 Å². The van der Waals surface area contributed by atoms with Crippen LogP contribution in [0.25, 0.3) is 0 Å². The van der Waals surface area contributed by atoms with Crippen molar-refractivity contribution in [3.63, 3.8) is 0 Å². The summed E-state index contributed by atoms with van der Waals surface area (Å²) >= 11 is 0. The molecule has 0 saturated carbocycles. The van der Waals surface area contributed by atoms with E-state index in [9.17, 15) is 0 Å². The minimum Gasteiger partial charge on any atom is -0.396 e. The molecule has 1 aliphatic carbocycles. The molecule has 2 rings (SSSR count). The Bertz CT molecular complexity index is 232. The molecule has 0 amide bonds. The van der Waals surface area contributed by atoms with Gasteiger partial charge in [0.2, 0.25) is 0 Å². The number of aliphatic hydroxyl groups is 1. The second-order valence-electron chi connectivity index (χ2n) is 3.29. The summed E-state index contributed by atoms with van der Waals surface area (Å²) in [6.07, 6.45) is 8.74. The number of epoxide rings is 1. The van der Waals surface area contributed by atoms with Crippen LogP contribution in [0.2, 0.25) is 0 Å². The van der Waals surface area contributed by atoms with Crippen molar-refractivity contribution in [3.8, 4) is 0 Å². The number of fused-ring (bicyclic) bond motifs is 1. The van der Waals surface area contributed by atoms with Gasteiger partial charge in [0, 0.05) is 13.0 Å². The first-order chi connectivity index (χ1) is 5.22. The van der Waals surface area contributed by atoms with Crippen LogP contribution in [0, 0.1) is 0 Å². The smallest absolute Gasteiger partial charge is 0.122 e. The summed E-state index contributed by atoms with van der Waals surface area (Å²) in [5.41, 5.74) is -0.318. The molecule has 1 N–H and O–H groups in total. The zero-order valence-corrected chi connectivity index (χ0v) is 6.58. The molecule has 60 valence electrons. The second-order valence-corrected chi connectivity index (χ2v) is 3.29. The predicted molar refractivity (Wildman–Crippen MR) is 42.2 cm³/mol. The first-order valence-electron chi connectivity index (χ1n) is 3.91. The highest BCUT2D eigenvalue weighted by molar-refractivity contribution is 5.37. The van der Waals surface area contributed by atoms with Crippen LogP contribution in [-0.2, 0) is 4.74 Å². The fourth-order valence-corrected chi connectivity index (χ4v) is 1.73. The molecule has 2 nitrogen and oxygen atoms in total. The summed E-state index contributed by atoms with van der Waals surface area (Å²) in [4.78, 5) is 0. The van der Waals surface area contributed by atoms with E-state index in [1.54, 1.807) is 0 Å². The summed E-state index contributed by atoms with van der Waals surface area (Å²) in [7, 11) is 0. The molecule has 0 aromatic carbocycles. The molecule has 1 fully saturated rings. The first-order valence-corrected chi connectivity index (χ1v) is 3.91. The molecule has 1 heterocycles. The lowest BCUT2D eigenvalue weighted by Gasteiger charge is -2.10. The molecule has 0 aromatic rings. The Morgan fingerprint density at radius 2 is 2.09 bits per heavy atom. The Labute approximate surface area is 66.2 Å². The summed E-state index contributed by atoms with van der Waals surface area (Å²) in [6, 6.07) is 0. The number of aliphatic hydroxyl groups excluding tert-OH is 1. The standard InChI is InChI=1S/C9H12O2/c1-8-4-2-3-5-9(8,11-8)6-7-10/h2-5,10H,6-7H2,1H3. The van der Waals surface area contributed by atoms with Crippen LogP contribution >= 0.6 is 0 Å². The van der Waals surface area contributed by atoms with Crippen LogP contribution in [0.4, 0.5) is 0 Å². The van der Waals surface area contributed by atoms with Gasteiger partial charge in [-0.2, -0.15) is 0 Å². The predicted octanol–water partition coefficient (Wildman–Crippen LogP) is 1.02. The quantitative estimate of drug-likeness (QED) is 0.599. The lowest BCUT2D eigenvalue weighted by Crippen LogP contribution is -2.22. The van der Waals surface area contributed by atoms with E-state index in [1.165, 1.54) is 0 Å². The highest BCUT2D eigenvalue weighted by Crippen LogP contribution is 2.53. The van der Waals surface area contributed by atoms with Crippen molar-refractivity contribution < 1.29 is 9.84 Å². The molecule has 1 saturated heterocycles. The van der Waals surface area contributed by atoms with Gasteiger partial charge < -0.3 is 9.84 Å². The van der Waals surface area contributed by atoms with Gasteiger partial charge in [0.15, 0.2) is 0 Å². The number of ether oxygens (including phenoxy) is 1. The van der Waals surface area contributed by atoms with E-state index in [1.807, 2.05) is 31.2 Å². The lowest BCUT2D eigenvalue weighted by molar-refractivity contribution is 0.235. The topological polar surface area (TPSA) is 32.8 Å². The van der Waals surface area contributed by atoms with E-state index >= 15 is 0 Å². The zero-order valence-electron chi connectivity index (χ0n) is 6.58. The van der Waals surface area contributed by atoms with Crippen LogP contribution < -0.4 is 0 Å². The fourth-order valence-electron chi connectivity index (χ4n) is 1.73. The molecule has 0 aromatic heterocycles. The first kappa shape index (κ1) is 7.07. The van der Waals surface area contributed by atoms with E-state index in [-0.39, 0.29) is 17.8 Å². The van der Waals surface area contributed by atoms with Crippen LogP contribution in [0.5, 0.6) is 0 Å². The highest BCUT2D eigenvalue weighted by atomic mass is 16.6. The van der Waals surface area contributed by atoms with E-state index in [0.29, 0.717) is 6.42 Å². The molecule has 2 unspecified atom stereocenters. The number of hydrogen-bond acceptors (Lipinski definition) is 2. The zero-order chi connectivity index (χ0) is 7.95. The van der Waals surface area contributed by atoms with Gasteiger partial charge in [-0.1, -0.05) is 12.2 Å². The van der Waals surface area contributed by atoms with Crippen molar-refractivity contribution in [1.29, 1.82) is 0 Å².